The van der Waals surface area contributed by atoms with Crippen LogP contribution in [0.1, 0.15) is 5.69 Å². The van der Waals surface area contributed by atoms with E-state index in [1.807, 2.05) is 18.2 Å². The van der Waals surface area contributed by atoms with Crippen molar-refractivity contribution in [3.8, 4) is 0 Å². The molecule has 2 aromatic rings. The van der Waals surface area contributed by atoms with Gasteiger partial charge in [-0.25, -0.2) is 0 Å². The summed E-state index contributed by atoms with van der Waals surface area (Å²) in [6, 6.07) is 10.6. The van der Waals surface area contributed by atoms with Gasteiger partial charge in [0.2, 0.25) is 0 Å². The van der Waals surface area contributed by atoms with E-state index in [1.54, 1.807) is 24.4 Å². The largest absolute Gasteiger partial charge is 0.398 e. The normalized spacial score (nSPS) is 12.3. The highest BCUT2D eigenvalue weighted by Gasteiger charge is 2.07. The molecule has 2 rings (SSSR count). The summed E-state index contributed by atoms with van der Waals surface area (Å²) in [6.07, 6.45) is 1.68. The zero-order valence-electron chi connectivity index (χ0n) is 8.97. The summed E-state index contributed by atoms with van der Waals surface area (Å²) in [5, 5.41) is 0.428. The zero-order valence-corrected chi connectivity index (χ0v) is 10.5. The average molecular weight is 267 g/mol. The number of nitrogens with two attached hydrogens (primary N) is 1. The van der Waals surface area contributed by atoms with Gasteiger partial charge < -0.3 is 5.73 Å². The maximum absolute atomic E-state index is 12.0. The highest BCUT2D eigenvalue weighted by atomic mass is 35.5. The molecule has 0 radical (unpaired) electrons. The number of pyridine rings is 1. The summed E-state index contributed by atoms with van der Waals surface area (Å²) in [4.78, 5) is 4.80. The van der Waals surface area contributed by atoms with Crippen LogP contribution < -0.4 is 5.73 Å². The molecule has 0 fully saturated rings. The minimum atomic E-state index is -1.16. The molecule has 0 saturated carbocycles. The predicted molar refractivity (Wildman–Crippen MR) is 70.2 cm³/mol. The Morgan fingerprint density at radius 3 is 2.76 bits per heavy atom. The fourth-order valence-corrected chi connectivity index (χ4v) is 2.67. The molecule has 88 valence electrons. The van der Waals surface area contributed by atoms with Crippen LogP contribution in [0.3, 0.4) is 0 Å². The Labute approximate surface area is 107 Å². The number of halogens is 1. The van der Waals surface area contributed by atoms with Crippen molar-refractivity contribution in [2.75, 3.05) is 5.73 Å². The van der Waals surface area contributed by atoms with Crippen LogP contribution in [0.4, 0.5) is 5.69 Å². The molecule has 1 atom stereocenters. The molecule has 1 heterocycles. The van der Waals surface area contributed by atoms with Crippen LogP contribution >= 0.6 is 11.6 Å². The van der Waals surface area contributed by atoms with Crippen LogP contribution in [-0.4, -0.2) is 9.19 Å². The maximum Gasteiger partial charge on any atom is 0.0705 e. The molecular weight excluding hydrogens is 256 g/mol. The van der Waals surface area contributed by atoms with Gasteiger partial charge in [0.25, 0.3) is 0 Å². The zero-order chi connectivity index (χ0) is 12.3. The number of nitrogens with zero attached hydrogens (tertiary/aromatic N) is 1. The van der Waals surface area contributed by atoms with E-state index in [4.69, 9.17) is 17.3 Å². The second-order valence-electron chi connectivity index (χ2n) is 3.49. The smallest absolute Gasteiger partial charge is 0.0705 e. The third kappa shape index (κ3) is 3.05. The SMILES string of the molecule is Nc1ccc(S(=O)Cc2ccccn2)cc1Cl. The quantitative estimate of drug-likeness (QED) is 0.869. The highest BCUT2D eigenvalue weighted by molar-refractivity contribution is 7.84. The molecule has 0 amide bonds. The molecule has 0 aliphatic heterocycles. The van der Waals surface area contributed by atoms with Gasteiger partial charge in [0.1, 0.15) is 0 Å². The lowest BCUT2D eigenvalue weighted by molar-refractivity contribution is 0.682. The van der Waals surface area contributed by atoms with Gasteiger partial charge in [0.05, 0.1) is 33.0 Å². The lowest BCUT2D eigenvalue weighted by Crippen LogP contribution is -1.99. The second kappa shape index (κ2) is 5.29. The monoisotopic (exact) mass is 266 g/mol. The number of hydrogen-bond acceptors (Lipinski definition) is 3. The topological polar surface area (TPSA) is 56.0 Å². The summed E-state index contributed by atoms with van der Waals surface area (Å²) in [5.74, 6) is 0.376. The van der Waals surface area contributed by atoms with E-state index in [2.05, 4.69) is 4.98 Å². The van der Waals surface area contributed by atoms with Gasteiger partial charge in [0, 0.05) is 11.1 Å². The fourth-order valence-electron chi connectivity index (χ4n) is 1.35. The van der Waals surface area contributed by atoms with Crippen LogP contribution in [0.5, 0.6) is 0 Å². The van der Waals surface area contributed by atoms with Crippen molar-refractivity contribution in [2.45, 2.75) is 10.6 Å². The summed E-state index contributed by atoms with van der Waals surface area (Å²) in [5.41, 5.74) is 6.88. The average Bonchev–Trinajstić information content (AvgIpc) is 2.34. The summed E-state index contributed by atoms with van der Waals surface area (Å²) < 4.78 is 12.0. The Morgan fingerprint density at radius 1 is 1.29 bits per heavy atom. The van der Waals surface area contributed by atoms with Gasteiger partial charge in [-0.1, -0.05) is 17.7 Å². The van der Waals surface area contributed by atoms with Crippen molar-refractivity contribution < 1.29 is 4.21 Å². The Hall–Kier alpha value is -1.39. The van der Waals surface area contributed by atoms with Crippen LogP contribution in [0.15, 0.2) is 47.5 Å². The molecule has 0 spiro atoms. The van der Waals surface area contributed by atoms with E-state index in [1.165, 1.54) is 0 Å². The van der Waals surface area contributed by atoms with Crippen molar-refractivity contribution in [1.29, 1.82) is 0 Å². The first-order valence-electron chi connectivity index (χ1n) is 5.00. The number of rotatable bonds is 3. The van der Waals surface area contributed by atoms with Crippen molar-refractivity contribution in [3.63, 3.8) is 0 Å². The first-order chi connectivity index (χ1) is 8.16. The number of hydrogen-bond donors (Lipinski definition) is 1. The lowest BCUT2D eigenvalue weighted by Gasteiger charge is -2.04. The highest BCUT2D eigenvalue weighted by Crippen LogP contribution is 2.22. The predicted octanol–water partition coefficient (Wildman–Crippen LogP) is 2.63. The van der Waals surface area contributed by atoms with E-state index in [0.29, 0.717) is 21.4 Å². The molecule has 3 nitrogen and oxygen atoms in total. The fraction of sp³-hybridized carbons (Fsp3) is 0.0833. The Bertz CT molecular complexity index is 545. The van der Waals surface area contributed by atoms with E-state index < -0.39 is 10.8 Å². The molecule has 17 heavy (non-hydrogen) atoms. The van der Waals surface area contributed by atoms with Gasteiger partial charge in [-0.05, 0) is 30.3 Å². The number of benzene rings is 1. The standard InChI is InChI=1S/C12H11ClN2OS/c13-11-7-10(4-5-12(11)14)17(16)8-9-3-1-2-6-15-9/h1-7H,8,14H2. The lowest BCUT2D eigenvalue weighted by atomic mass is 10.3. The number of aromatic nitrogens is 1. The Kier molecular flexibility index (Phi) is 3.76. The number of nitrogen functional groups attached to an aromatic ring is 1. The molecule has 0 saturated heterocycles. The minimum absolute atomic E-state index is 0.376. The third-order valence-corrected chi connectivity index (χ3v) is 3.90. The summed E-state index contributed by atoms with van der Waals surface area (Å²) in [6.45, 7) is 0. The Balaban J connectivity index is 2.18. The first-order valence-corrected chi connectivity index (χ1v) is 6.70. The van der Waals surface area contributed by atoms with Gasteiger partial charge in [-0.3, -0.25) is 9.19 Å². The molecular formula is C12H11ClN2OS. The van der Waals surface area contributed by atoms with Gasteiger partial charge in [0.15, 0.2) is 0 Å². The molecule has 0 aliphatic rings. The van der Waals surface area contributed by atoms with Crippen LogP contribution in [0.25, 0.3) is 0 Å². The second-order valence-corrected chi connectivity index (χ2v) is 5.35. The van der Waals surface area contributed by atoms with Gasteiger partial charge in [-0.15, -0.1) is 0 Å². The molecule has 1 unspecified atom stereocenters. The summed E-state index contributed by atoms with van der Waals surface area (Å²) >= 11 is 5.89. The van der Waals surface area contributed by atoms with E-state index in [0.717, 1.165) is 5.69 Å². The van der Waals surface area contributed by atoms with Gasteiger partial charge in [-0.2, -0.15) is 0 Å². The van der Waals surface area contributed by atoms with Crippen molar-refractivity contribution >= 4 is 28.1 Å². The molecule has 5 heteroatoms. The van der Waals surface area contributed by atoms with E-state index in [-0.39, 0.29) is 0 Å². The summed E-state index contributed by atoms with van der Waals surface area (Å²) in [7, 11) is -1.16. The minimum Gasteiger partial charge on any atom is -0.398 e. The van der Waals surface area contributed by atoms with E-state index in [9.17, 15) is 4.21 Å². The van der Waals surface area contributed by atoms with Gasteiger partial charge >= 0.3 is 0 Å². The molecule has 1 aromatic heterocycles. The molecule has 0 bridgehead atoms. The molecule has 2 N–H and O–H groups in total. The van der Waals surface area contributed by atoms with E-state index >= 15 is 0 Å². The number of anilines is 1. The van der Waals surface area contributed by atoms with Crippen molar-refractivity contribution in [3.05, 3.63) is 53.3 Å². The van der Waals surface area contributed by atoms with Crippen LogP contribution in [0, 0.1) is 0 Å². The van der Waals surface area contributed by atoms with Crippen molar-refractivity contribution in [1.82, 2.24) is 4.98 Å². The van der Waals surface area contributed by atoms with Crippen LogP contribution in [0.2, 0.25) is 5.02 Å². The molecule has 0 aliphatic carbocycles. The Morgan fingerprint density at radius 2 is 2.12 bits per heavy atom. The van der Waals surface area contributed by atoms with Crippen molar-refractivity contribution in [2.24, 2.45) is 0 Å². The third-order valence-electron chi connectivity index (χ3n) is 2.24. The first kappa shape index (κ1) is 12.1. The molecule has 1 aromatic carbocycles. The maximum atomic E-state index is 12.0. The van der Waals surface area contributed by atoms with Crippen LogP contribution in [-0.2, 0) is 16.6 Å².